The fourth-order valence-corrected chi connectivity index (χ4v) is 6.35. The largest absolute Gasteiger partial charge is 0.489 e. The maximum atomic E-state index is 14.0. The van der Waals surface area contributed by atoms with Crippen LogP contribution >= 0.6 is 38.9 Å². The summed E-state index contributed by atoms with van der Waals surface area (Å²) >= 11 is 10.9. The molecule has 0 aliphatic carbocycles. The van der Waals surface area contributed by atoms with Gasteiger partial charge in [-0.05, 0) is 66.1 Å². The van der Waals surface area contributed by atoms with Crippen LogP contribution in [0.3, 0.4) is 0 Å². The fraction of sp³-hybridized carbons (Fsp3) is 0.114. The number of nitrogens with zero attached hydrogens (tertiary/aromatic N) is 2. The first-order valence-electron chi connectivity index (χ1n) is 13.9. The third kappa shape index (κ3) is 6.33. The van der Waals surface area contributed by atoms with Crippen LogP contribution in [-0.4, -0.2) is 17.1 Å². The van der Waals surface area contributed by atoms with Gasteiger partial charge in [-0.2, -0.15) is 0 Å². The standard InChI is InChI=1S/C35H26BrClN2O4S/c1-2-42-34(41)30-31(24-6-4-3-5-7-24)38-35-39(32(30)25-12-16-27(37)17-13-25)33(40)29(44-35)20-22-10-18-28(19-11-22)43-21-23-8-14-26(36)15-9-23/h3-20,32H,2,21H2,1H3/b29-20-/t32-/m0/s1. The van der Waals surface area contributed by atoms with Crippen LogP contribution in [-0.2, 0) is 16.1 Å². The number of hydrogen-bond acceptors (Lipinski definition) is 6. The number of carbonyl (C=O) groups excluding carboxylic acids is 1. The molecule has 1 aliphatic heterocycles. The number of ether oxygens (including phenoxy) is 2. The Morgan fingerprint density at radius 2 is 1.68 bits per heavy atom. The minimum Gasteiger partial charge on any atom is -0.489 e. The highest BCUT2D eigenvalue weighted by Crippen LogP contribution is 2.35. The first kappa shape index (κ1) is 29.8. The molecule has 0 saturated carbocycles. The van der Waals surface area contributed by atoms with E-state index >= 15 is 0 Å². The van der Waals surface area contributed by atoms with Crippen LogP contribution < -0.4 is 19.6 Å². The van der Waals surface area contributed by atoms with Gasteiger partial charge in [0.15, 0.2) is 4.80 Å². The van der Waals surface area contributed by atoms with Crippen LogP contribution in [0.4, 0.5) is 0 Å². The van der Waals surface area contributed by atoms with Gasteiger partial charge in [-0.3, -0.25) is 9.36 Å². The lowest BCUT2D eigenvalue weighted by molar-refractivity contribution is -0.138. The summed E-state index contributed by atoms with van der Waals surface area (Å²) in [6.07, 6.45) is 1.83. The van der Waals surface area contributed by atoms with E-state index in [1.807, 2.05) is 97.1 Å². The highest BCUT2D eigenvalue weighted by Gasteiger charge is 2.35. The second kappa shape index (κ2) is 13.2. The van der Waals surface area contributed by atoms with Crippen LogP contribution in [0.1, 0.15) is 35.2 Å². The van der Waals surface area contributed by atoms with Crippen molar-refractivity contribution in [1.29, 1.82) is 0 Å². The molecule has 44 heavy (non-hydrogen) atoms. The SMILES string of the molecule is CCOC(=O)C1=C(c2ccccc2)N=c2s/c(=C\c3ccc(OCc4ccc(Br)cc4)cc3)c(=O)n2[C@H]1c1ccc(Cl)cc1. The van der Waals surface area contributed by atoms with Crippen molar-refractivity contribution >= 4 is 56.6 Å². The number of benzene rings is 4. The van der Waals surface area contributed by atoms with Gasteiger partial charge in [-0.25, -0.2) is 9.79 Å². The van der Waals surface area contributed by atoms with Crippen LogP contribution in [0.15, 0.2) is 123 Å². The molecule has 0 fully saturated rings. The van der Waals surface area contributed by atoms with Crippen molar-refractivity contribution in [3.63, 3.8) is 0 Å². The monoisotopic (exact) mass is 684 g/mol. The first-order valence-corrected chi connectivity index (χ1v) is 15.9. The lowest BCUT2D eigenvalue weighted by Gasteiger charge is -2.25. The third-order valence-electron chi connectivity index (χ3n) is 7.06. The minimum absolute atomic E-state index is 0.186. The van der Waals surface area contributed by atoms with Gasteiger partial charge in [0.1, 0.15) is 12.4 Å². The van der Waals surface area contributed by atoms with Gasteiger partial charge < -0.3 is 9.47 Å². The Kier molecular flexibility index (Phi) is 8.93. The van der Waals surface area contributed by atoms with Crippen molar-refractivity contribution in [2.24, 2.45) is 4.99 Å². The van der Waals surface area contributed by atoms with E-state index < -0.39 is 12.0 Å². The highest BCUT2D eigenvalue weighted by atomic mass is 79.9. The molecule has 0 bridgehead atoms. The molecule has 0 unspecified atom stereocenters. The number of rotatable bonds is 8. The number of fused-ring (bicyclic) bond motifs is 1. The summed E-state index contributed by atoms with van der Waals surface area (Å²) in [6.45, 7) is 2.39. The molecule has 0 N–H and O–H groups in total. The van der Waals surface area contributed by atoms with Crippen molar-refractivity contribution < 1.29 is 14.3 Å². The Labute approximate surface area is 271 Å². The molecule has 6 nitrogen and oxygen atoms in total. The van der Waals surface area contributed by atoms with Crippen molar-refractivity contribution in [2.75, 3.05) is 6.61 Å². The van der Waals surface area contributed by atoms with Crippen molar-refractivity contribution in [1.82, 2.24) is 4.57 Å². The van der Waals surface area contributed by atoms with E-state index in [0.717, 1.165) is 32.5 Å². The fourth-order valence-electron chi connectivity index (χ4n) is 4.96. The molecule has 6 rings (SSSR count). The average Bonchev–Trinajstić information content (AvgIpc) is 3.35. The van der Waals surface area contributed by atoms with Crippen molar-refractivity contribution in [2.45, 2.75) is 19.6 Å². The summed E-state index contributed by atoms with van der Waals surface area (Å²) in [7, 11) is 0. The van der Waals surface area contributed by atoms with Gasteiger partial charge in [0.25, 0.3) is 5.56 Å². The second-order valence-corrected chi connectivity index (χ2v) is 12.3. The van der Waals surface area contributed by atoms with Gasteiger partial charge in [-0.1, -0.05) is 106 Å². The number of thiazole rings is 1. The Balaban J connectivity index is 1.42. The van der Waals surface area contributed by atoms with E-state index in [-0.39, 0.29) is 12.2 Å². The normalized spacial score (nSPS) is 14.6. The molecule has 0 radical (unpaired) electrons. The number of aromatic nitrogens is 1. The quantitative estimate of drug-likeness (QED) is 0.166. The smallest absolute Gasteiger partial charge is 0.338 e. The summed E-state index contributed by atoms with van der Waals surface area (Å²) in [5, 5.41) is 0.551. The summed E-state index contributed by atoms with van der Waals surface area (Å²) in [5.74, 6) is 0.198. The van der Waals surface area contributed by atoms with E-state index in [1.54, 1.807) is 23.6 Å². The van der Waals surface area contributed by atoms with Gasteiger partial charge in [0.05, 0.1) is 28.5 Å². The number of esters is 1. The molecule has 5 aromatic rings. The average molecular weight is 686 g/mol. The van der Waals surface area contributed by atoms with E-state index in [0.29, 0.717) is 32.2 Å². The Morgan fingerprint density at radius 3 is 2.36 bits per heavy atom. The van der Waals surface area contributed by atoms with E-state index in [4.69, 9.17) is 26.1 Å². The molecular weight excluding hydrogens is 660 g/mol. The van der Waals surface area contributed by atoms with Gasteiger partial charge in [-0.15, -0.1) is 0 Å². The lowest BCUT2D eigenvalue weighted by atomic mass is 9.93. The molecule has 1 atom stereocenters. The molecule has 0 saturated heterocycles. The zero-order chi connectivity index (χ0) is 30.6. The maximum Gasteiger partial charge on any atom is 0.338 e. The van der Waals surface area contributed by atoms with Gasteiger partial charge in [0.2, 0.25) is 0 Å². The zero-order valence-electron chi connectivity index (χ0n) is 23.6. The summed E-state index contributed by atoms with van der Waals surface area (Å²) in [5.41, 5.74) is 3.90. The predicted octanol–water partition coefficient (Wildman–Crippen LogP) is 6.93. The molecule has 1 aromatic heterocycles. The summed E-state index contributed by atoms with van der Waals surface area (Å²) < 4.78 is 14.5. The third-order valence-corrected chi connectivity index (χ3v) is 8.82. The minimum atomic E-state index is -0.755. The summed E-state index contributed by atoms with van der Waals surface area (Å²) in [6, 6.07) is 31.4. The zero-order valence-corrected chi connectivity index (χ0v) is 26.7. The van der Waals surface area contributed by atoms with Crippen LogP contribution in [0.5, 0.6) is 5.75 Å². The topological polar surface area (TPSA) is 69.9 Å². The molecule has 0 spiro atoms. The van der Waals surface area contributed by atoms with Crippen LogP contribution in [0.2, 0.25) is 5.02 Å². The molecule has 220 valence electrons. The molecule has 9 heteroatoms. The van der Waals surface area contributed by atoms with E-state index in [9.17, 15) is 9.59 Å². The Bertz CT molecular complexity index is 2020. The molecule has 1 aliphatic rings. The lowest BCUT2D eigenvalue weighted by Crippen LogP contribution is -2.40. The highest BCUT2D eigenvalue weighted by molar-refractivity contribution is 9.10. The molecule has 2 heterocycles. The van der Waals surface area contributed by atoms with E-state index in [2.05, 4.69) is 15.9 Å². The maximum absolute atomic E-state index is 14.0. The number of carbonyl (C=O) groups is 1. The van der Waals surface area contributed by atoms with Crippen molar-refractivity contribution in [3.05, 3.63) is 160 Å². The van der Waals surface area contributed by atoms with Gasteiger partial charge >= 0.3 is 5.97 Å². The number of halogens is 2. The molecule has 4 aromatic carbocycles. The molecular formula is C35H26BrClN2O4S. The van der Waals surface area contributed by atoms with E-state index in [1.165, 1.54) is 11.3 Å². The Morgan fingerprint density at radius 1 is 0.977 bits per heavy atom. The van der Waals surface area contributed by atoms with Crippen LogP contribution in [0, 0.1) is 0 Å². The van der Waals surface area contributed by atoms with Gasteiger partial charge in [0, 0.05) is 15.1 Å². The number of hydrogen-bond donors (Lipinski definition) is 0. The summed E-state index contributed by atoms with van der Waals surface area (Å²) in [4.78, 5) is 33.0. The first-order chi connectivity index (χ1) is 21.4. The van der Waals surface area contributed by atoms with Crippen molar-refractivity contribution in [3.8, 4) is 5.75 Å². The second-order valence-electron chi connectivity index (χ2n) is 9.97. The Hall–Kier alpha value is -4.24. The predicted molar refractivity (Wildman–Crippen MR) is 177 cm³/mol. The van der Waals surface area contributed by atoms with Crippen LogP contribution in [0.25, 0.3) is 11.8 Å². The molecule has 0 amide bonds.